The Morgan fingerprint density at radius 3 is 2.74 bits per heavy atom. The van der Waals surface area contributed by atoms with E-state index in [1.165, 1.54) is 23.2 Å². The fraction of sp³-hybridized carbons (Fsp3) is 0.143. The molecular formula is C14H14FN3O. The summed E-state index contributed by atoms with van der Waals surface area (Å²) in [5.74, 6) is -0.750. The Morgan fingerprint density at radius 1 is 1.37 bits per heavy atom. The van der Waals surface area contributed by atoms with Gasteiger partial charge >= 0.3 is 0 Å². The molecule has 98 valence electrons. The number of aryl methyl sites for hydroxylation is 1. The fourth-order valence-electron chi connectivity index (χ4n) is 1.87. The van der Waals surface area contributed by atoms with Crippen LogP contribution in [0.4, 0.5) is 15.8 Å². The molecule has 4 nitrogen and oxygen atoms in total. The lowest BCUT2D eigenvalue weighted by Crippen LogP contribution is -2.27. The molecule has 0 saturated heterocycles. The Bertz CT molecular complexity index is 608. The average Bonchev–Trinajstić information content (AvgIpc) is 2.36. The van der Waals surface area contributed by atoms with Gasteiger partial charge in [-0.3, -0.25) is 9.78 Å². The molecule has 0 aliphatic rings. The third-order valence-corrected chi connectivity index (χ3v) is 2.78. The van der Waals surface area contributed by atoms with Crippen LogP contribution in [0.1, 0.15) is 15.9 Å². The Labute approximate surface area is 110 Å². The maximum absolute atomic E-state index is 13.3. The van der Waals surface area contributed by atoms with Crippen molar-refractivity contribution in [1.29, 1.82) is 0 Å². The molecule has 19 heavy (non-hydrogen) atoms. The highest BCUT2D eigenvalue weighted by Gasteiger charge is 2.16. The number of hydrogen-bond acceptors (Lipinski definition) is 3. The van der Waals surface area contributed by atoms with Crippen LogP contribution in [0.2, 0.25) is 0 Å². The first-order valence-corrected chi connectivity index (χ1v) is 5.74. The summed E-state index contributed by atoms with van der Waals surface area (Å²) in [6.45, 7) is 1.74. The molecule has 1 aromatic heterocycles. The zero-order valence-electron chi connectivity index (χ0n) is 10.7. The highest BCUT2D eigenvalue weighted by atomic mass is 19.1. The van der Waals surface area contributed by atoms with Crippen molar-refractivity contribution in [2.45, 2.75) is 6.92 Å². The largest absolute Gasteiger partial charge is 0.396 e. The zero-order chi connectivity index (χ0) is 14.0. The molecule has 1 heterocycles. The van der Waals surface area contributed by atoms with Crippen LogP contribution in [0.3, 0.4) is 0 Å². The summed E-state index contributed by atoms with van der Waals surface area (Å²) in [5, 5.41) is 0. The van der Waals surface area contributed by atoms with Crippen molar-refractivity contribution in [2.75, 3.05) is 17.7 Å². The van der Waals surface area contributed by atoms with Crippen molar-refractivity contribution in [3.05, 3.63) is 53.6 Å². The third kappa shape index (κ3) is 2.70. The van der Waals surface area contributed by atoms with Crippen molar-refractivity contribution in [1.82, 2.24) is 4.98 Å². The third-order valence-electron chi connectivity index (χ3n) is 2.78. The van der Waals surface area contributed by atoms with Gasteiger partial charge in [0.15, 0.2) is 0 Å². The second-order valence-corrected chi connectivity index (χ2v) is 4.32. The monoisotopic (exact) mass is 259 g/mol. The number of carbonyl (C=O) groups excluding carboxylic acids is 1. The van der Waals surface area contributed by atoms with E-state index in [4.69, 9.17) is 5.73 Å². The van der Waals surface area contributed by atoms with E-state index in [0.717, 1.165) is 0 Å². The Hall–Kier alpha value is -2.43. The van der Waals surface area contributed by atoms with Gasteiger partial charge in [0.1, 0.15) is 5.82 Å². The van der Waals surface area contributed by atoms with Crippen LogP contribution < -0.4 is 10.6 Å². The number of nitrogens with zero attached hydrogens (tertiary/aromatic N) is 2. The molecule has 1 aromatic carbocycles. The smallest absolute Gasteiger partial charge is 0.258 e. The molecule has 0 atom stereocenters. The van der Waals surface area contributed by atoms with Gasteiger partial charge in [0.25, 0.3) is 5.91 Å². The normalized spacial score (nSPS) is 10.3. The molecule has 1 amide bonds. The van der Waals surface area contributed by atoms with Gasteiger partial charge in [-0.2, -0.15) is 0 Å². The number of nitrogen functional groups attached to an aromatic ring is 1. The Balaban J connectivity index is 2.36. The summed E-state index contributed by atoms with van der Waals surface area (Å²) in [6, 6.07) is 5.86. The lowest BCUT2D eigenvalue weighted by atomic mass is 10.1. The van der Waals surface area contributed by atoms with Crippen LogP contribution in [-0.4, -0.2) is 17.9 Å². The van der Waals surface area contributed by atoms with Gasteiger partial charge < -0.3 is 10.6 Å². The van der Waals surface area contributed by atoms with E-state index >= 15 is 0 Å². The molecular weight excluding hydrogens is 245 g/mol. The van der Waals surface area contributed by atoms with Crippen LogP contribution in [0.15, 0.2) is 36.7 Å². The number of nitrogens with two attached hydrogens (primary N) is 1. The van der Waals surface area contributed by atoms with Crippen molar-refractivity contribution in [3.63, 3.8) is 0 Å². The minimum Gasteiger partial charge on any atom is -0.396 e. The van der Waals surface area contributed by atoms with Gasteiger partial charge in [0.2, 0.25) is 0 Å². The molecule has 0 saturated carbocycles. The summed E-state index contributed by atoms with van der Waals surface area (Å²) in [6.07, 6.45) is 3.02. The second kappa shape index (κ2) is 5.06. The zero-order valence-corrected chi connectivity index (χ0v) is 10.7. The molecule has 2 aromatic rings. The molecule has 5 heteroatoms. The Kier molecular flexibility index (Phi) is 3.46. The van der Waals surface area contributed by atoms with E-state index in [9.17, 15) is 9.18 Å². The van der Waals surface area contributed by atoms with Crippen molar-refractivity contribution < 1.29 is 9.18 Å². The van der Waals surface area contributed by atoms with Crippen LogP contribution >= 0.6 is 0 Å². The van der Waals surface area contributed by atoms with Crippen molar-refractivity contribution >= 4 is 17.3 Å². The first-order valence-electron chi connectivity index (χ1n) is 5.74. The standard InChI is InChI=1S/C14H14FN3O/c1-9-5-10(7-11(15)6-9)14(19)18(2)13-3-4-17-8-12(13)16/h3-8H,16H2,1-2H3. The number of hydrogen-bond donors (Lipinski definition) is 1. The molecule has 0 spiro atoms. The number of amides is 1. The van der Waals surface area contributed by atoms with Crippen LogP contribution in [0, 0.1) is 12.7 Å². The number of halogens is 1. The first kappa shape index (κ1) is 13.0. The minimum atomic E-state index is -0.431. The van der Waals surface area contributed by atoms with Crippen molar-refractivity contribution in [2.24, 2.45) is 0 Å². The molecule has 0 bridgehead atoms. The van der Waals surface area contributed by atoms with Gasteiger partial charge in [-0.05, 0) is 36.8 Å². The minimum absolute atomic E-state index is 0.288. The molecule has 0 aliphatic heterocycles. The van der Waals surface area contributed by atoms with Gasteiger partial charge in [-0.25, -0.2) is 4.39 Å². The number of rotatable bonds is 2. The predicted molar refractivity (Wildman–Crippen MR) is 72.5 cm³/mol. The quantitative estimate of drug-likeness (QED) is 0.900. The second-order valence-electron chi connectivity index (χ2n) is 4.32. The van der Waals surface area contributed by atoms with E-state index in [1.807, 2.05) is 0 Å². The maximum atomic E-state index is 13.3. The highest BCUT2D eigenvalue weighted by Crippen LogP contribution is 2.22. The summed E-state index contributed by atoms with van der Waals surface area (Å²) in [4.78, 5) is 17.5. The lowest BCUT2D eigenvalue weighted by Gasteiger charge is -2.19. The molecule has 0 fully saturated rings. The van der Waals surface area contributed by atoms with Gasteiger partial charge in [0.05, 0.1) is 17.6 Å². The number of carbonyl (C=O) groups is 1. The molecule has 0 unspecified atom stereocenters. The fourth-order valence-corrected chi connectivity index (χ4v) is 1.87. The lowest BCUT2D eigenvalue weighted by molar-refractivity contribution is 0.0992. The summed E-state index contributed by atoms with van der Waals surface area (Å²) >= 11 is 0. The Morgan fingerprint density at radius 2 is 2.11 bits per heavy atom. The predicted octanol–water partition coefficient (Wildman–Crippen LogP) is 2.39. The number of benzene rings is 1. The topological polar surface area (TPSA) is 59.2 Å². The van der Waals surface area contributed by atoms with Gasteiger partial charge in [0, 0.05) is 18.8 Å². The van der Waals surface area contributed by atoms with Crippen LogP contribution in [0.5, 0.6) is 0 Å². The highest BCUT2D eigenvalue weighted by molar-refractivity contribution is 6.07. The summed E-state index contributed by atoms with van der Waals surface area (Å²) < 4.78 is 13.3. The maximum Gasteiger partial charge on any atom is 0.258 e. The molecule has 0 aliphatic carbocycles. The summed E-state index contributed by atoms with van der Waals surface area (Å²) in [5.41, 5.74) is 7.69. The molecule has 2 N–H and O–H groups in total. The average molecular weight is 259 g/mol. The first-order chi connectivity index (χ1) is 8.99. The van der Waals surface area contributed by atoms with Crippen LogP contribution in [0.25, 0.3) is 0 Å². The van der Waals surface area contributed by atoms with Crippen LogP contribution in [-0.2, 0) is 0 Å². The van der Waals surface area contributed by atoms with E-state index in [2.05, 4.69) is 4.98 Å². The van der Waals surface area contributed by atoms with E-state index in [0.29, 0.717) is 16.9 Å². The van der Waals surface area contributed by atoms with Gasteiger partial charge in [-0.1, -0.05) is 0 Å². The number of aromatic nitrogens is 1. The van der Waals surface area contributed by atoms with E-state index < -0.39 is 5.82 Å². The SMILES string of the molecule is Cc1cc(F)cc(C(=O)N(C)c2ccncc2N)c1. The van der Waals surface area contributed by atoms with Gasteiger partial charge in [-0.15, -0.1) is 0 Å². The summed E-state index contributed by atoms with van der Waals surface area (Å²) in [7, 11) is 1.59. The van der Waals surface area contributed by atoms with Crippen molar-refractivity contribution in [3.8, 4) is 0 Å². The number of pyridine rings is 1. The number of anilines is 2. The van der Waals surface area contributed by atoms with E-state index in [1.54, 1.807) is 32.3 Å². The molecule has 0 radical (unpaired) electrons. The molecule has 2 rings (SSSR count). The van der Waals surface area contributed by atoms with E-state index in [-0.39, 0.29) is 11.5 Å².